The van der Waals surface area contributed by atoms with Gasteiger partial charge in [0.2, 0.25) is 5.91 Å². The number of nitrogens with zero attached hydrogens (tertiary/aromatic N) is 1. The van der Waals surface area contributed by atoms with E-state index in [1.165, 1.54) is 17.1 Å². The van der Waals surface area contributed by atoms with Crippen LogP contribution >= 0.6 is 0 Å². The number of hydrogen-bond donors (Lipinski definition) is 1. The summed E-state index contributed by atoms with van der Waals surface area (Å²) in [5, 5.41) is 2.81. The first-order valence-electron chi connectivity index (χ1n) is 18.3. The lowest BCUT2D eigenvalue weighted by atomic mass is 10.2. The number of carbonyl (C=O) groups is 3. The minimum Gasteiger partial charge on any atom is -0.382 e. The smallest absolute Gasteiger partial charge is 0.253 e. The number of carbonyl (C=O) groups excluding carboxylic acids is 3. The van der Waals surface area contributed by atoms with Crippen molar-refractivity contribution in [3.63, 3.8) is 0 Å². The van der Waals surface area contributed by atoms with Crippen LogP contribution in [0.5, 0.6) is 0 Å². The third kappa shape index (κ3) is 32.5. The summed E-state index contributed by atoms with van der Waals surface area (Å²) in [6.07, 6.45) is 5.10. The molecule has 1 N–H and O–H groups in total. The van der Waals surface area contributed by atoms with Crippen LogP contribution in [-0.4, -0.2) is 195 Å². The Labute approximate surface area is 309 Å². The number of hydrogen-bond acceptors (Lipinski definition) is 15. The van der Waals surface area contributed by atoms with Crippen LogP contribution in [0.3, 0.4) is 0 Å². The highest BCUT2D eigenvalue weighted by molar-refractivity contribution is 6.12. The largest absolute Gasteiger partial charge is 0.382 e. The van der Waals surface area contributed by atoms with Gasteiger partial charge in [-0.05, 0) is 12.8 Å². The van der Waals surface area contributed by atoms with Crippen molar-refractivity contribution in [1.29, 1.82) is 0 Å². The van der Waals surface area contributed by atoms with Gasteiger partial charge in [-0.2, -0.15) is 0 Å². The van der Waals surface area contributed by atoms with Crippen molar-refractivity contribution in [2.75, 3.05) is 172 Å². The lowest BCUT2D eigenvalue weighted by Crippen LogP contribution is -2.31. The number of unbranched alkanes of at least 4 members (excludes halogenated alkanes) is 2. The molecule has 17 nitrogen and oxygen atoms in total. The summed E-state index contributed by atoms with van der Waals surface area (Å²) in [4.78, 5) is 36.1. The molecule has 0 bridgehead atoms. The van der Waals surface area contributed by atoms with Crippen LogP contribution in [0.25, 0.3) is 0 Å². The molecule has 52 heavy (non-hydrogen) atoms. The second-order valence-electron chi connectivity index (χ2n) is 11.1. The van der Waals surface area contributed by atoms with E-state index in [1.54, 1.807) is 7.11 Å². The minimum atomic E-state index is -0.271. The van der Waals surface area contributed by atoms with Crippen molar-refractivity contribution in [3.8, 4) is 0 Å². The van der Waals surface area contributed by atoms with E-state index in [1.807, 2.05) is 0 Å². The van der Waals surface area contributed by atoms with Crippen molar-refractivity contribution in [2.45, 2.75) is 25.7 Å². The van der Waals surface area contributed by atoms with Crippen molar-refractivity contribution in [3.05, 3.63) is 12.2 Å². The van der Waals surface area contributed by atoms with Gasteiger partial charge in [0.15, 0.2) is 0 Å². The molecule has 0 aromatic heterocycles. The molecule has 0 saturated heterocycles. The molecule has 0 spiro atoms. The van der Waals surface area contributed by atoms with Crippen molar-refractivity contribution in [2.24, 2.45) is 0 Å². The van der Waals surface area contributed by atoms with Gasteiger partial charge >= 0.3 is 0 Å². The molecule has 0 saturated carbocycles. The molecule has 0 radical (unpaired) electrons. The molecule has 0 unspecified atom stereocenters. The minimum absolute atomic E-state index is 0.0425. The second-order valence-corrected chi connectivity index (χ2v) is 11.1. The Balaban J connectivity index is 1.64. The summed E-state index contributed by atoms with van der Waals surface area (Å²) in [6.45, 7) is 12.2. The molecule has 0 aromatic rings. The van der Waals surface area contributed by atoms with Crippen LogP contribution in [0.2, 0.25) is 0 Å². The van der Waals surface area contributed by atoms with Crippen LogP contribution in [0, 0.1) is 0 Å². The molecule has 1 aliphatic heterocycles. The first-order valence-corrected chi connectivity index (χ1v) is 18.3. The van der Waals surface area contributed by atoms with Crippen LogP contribution in [0.15, 0.2) is 12.2 Å². The van der Waals surface area contributed by atoms with Gasteiger partial charge in [0.1, 0.15) is 0 Å². The summed E-state index contributed by atoms with van der Waals surface area (Å²) in [6, 6.07) is 0. The summed E-state index contributed by atoms with van der Waals surface area (Å²) >= 11 is 0. The summed E-state index contributed by atoms with van der Waals surface area (Å²) in [5.74, 6) is -0.585. The lowest BCUT2D eigenvalue weighted by molar-refractivity contribution is -0.137. The highest BCUT2D eigenvalue weighted by atomic mass is 16.6. The van der Waals surface area contributed by atoms with Gasteiger partial charge in [-0.3, -0.25) is 19.3 Å². The maximum Gasteiger partial charge on any atom is 0.253 e. The molecular formula is C35H64N2O15. The molecule has 0 fully saturated rings. The van der Waals surface area contributed by atoms with Crippen LogP contribution < -0.4 is 5.32 Å². The Bertz CT molecular complexity index is 850. The monoisotopic (exact) mass is 752 g/mol. The van der Waals surface area contributed by atoms with Gasteiger partial charge in [-0.25, -0.2) is 0 Å². The maximum atomic E-state index is 11.9. The van der Waals surface area contributed by atoms with E-state index in [0.717, 1.165) is 6.42 Å². The number of amides is 3. The van der Waals surface area contributed by atoms with E-state index < -0.39 is 0 Å². The predicted molar refractivity (Wildman–Crippen MR) is 188 cm³/mol. The number of nitrogens with one attached hydrogen (secondary N) is 1. The summed E-state index contributed by atoms with van der Waals surface area (Å²) in [7, 11) is 1.64. The number of rotatable bonds is 42. The van der Waals surface area contributed by atoms with Gasteiger partial charge in [0.25, 0.3) is 11.8 Å². The van der Waals surface area contributed by atoms with Crippen LogP contribution in [0.1, 0.15) is 25.7 Å². The first-order chi connectivity index (χ1) is 25.6. The van der Waals surface area contributed by atoms with E-state index >= 15 is 0 Å². The molecule has 0 aliphatic carbocycles. The van der Waals surface area contributed by atoms with Gasteiger partial charge in [0.05, 0.1) is 152 Å². The summed E-state index contributed by atoms with van der Waals surface area (Å²) < 4.78 is 64.8. The summed E-state index contributed by atoms with van der Waals surface area (Å²) in [5.41, 5.74) is 0. The van der Waals surface area contributed by atoms with Crippen molar-refractivity contribution >= 4 is 17.7 Å². The topological polar surface area (TPSA) is 177 Å². The Morgan fingerprint density at radius 1 is 0.462 bits per heavy atom. The highest BCUT2D eigenvalue weighted by Crippen LogP contribution is 2.07. The Morgan fingerprint density at radius 3 is 1.10 bits per heavy atom. The SMILES string of the molecule is COCCOCCOCCOCCOCCOCCOCCOCCOCCOCCOCCOCCNC(=O)CCCCCN1C(=O)C=CC1=O. The molecule has 1 rings (SSSR count). The number of imide groups is 1. The van der Waals surface area contributed by atoms with Gasteiger partial charge < -0.3 is 62.2 Å². The quantitative estimate of drug-likeness (QED) is 0.0670. The number of ether oxygens (including phenoxy) is 12. The lowest BCUT2D eigenvalue weighted by Gasteiger charge is -2.13. The van der Waals surface area contributed by atoms with E-state index in [0.29, 0.717) is 184 Å². The normalized spacial score (nSPS) is 12.8. The molecule has 17 heteroatoms. The van der Waals surface area contributed by atoms with Crippen molar-refractivity contribution in [1.82, 2.24) is 10.2 Å². The first kappa shape index (κ1) is 47.9. The fourth-order valence-corrected chi connectivity index (χ4v) is 4.18. The van der Waals surface area contributed by atoms with Gasteiger partial charge in [-0.15, -0.1) is 0 Å². The second kappa shape index (κ2) is 38.6. The maximum absolute atomic E-state index is 11.9. The standard InChI is InChI=1S/C35H64N2O15/c1-41-11-12-43-15-16-45-19-20-47-23-24-49-27-28-51-31-32-52-30-29-50-26-25-48-22-21-46-18-17-44-14-13-42-10-8-36-33(38)5-3-2-4-9-37-34(39)6-7-35(37)40/h6-7H,2-5,8-32H2,1H3,(H,36,38). The van der Waals surface area contributed by atoms with E-state index in [9.17, 15) is 14.4 Å². The van der Waals surface area contributed by atoms with Gasteiger partial charge in [-0.1, -0.05) is 6.42 Å². The zero-order chi connectivity index (χ0) is 37.4. The zero-order valence-corrected chi connectivity index (χ0v) is 31.2. The zero-order valence-electron chi connectivity index (χ0n) is 31.2. The molecule has 1 aliphatic rings. The fourth-order valence-electron chi connectivity index (χ4n) is 4.18. The average Bonchev–Trinajstić information content (AvgIpc) is 3.47. The average molecular weight is 753 g/mol. The Kier molecular flexibility index (Phi) is 35.5. The molecule has 1 heterocycles. The van der Waals surface area contributed by atoms with Gasteiger partial charge in [0, 0.05) is 38.8 Å². The molecule has 304 valence electrons. The third-order valence-electron chi connectivity index (χ3n) is 6.91. The molecule has 0 aromatic carbocycles. The highest BCUT2D eigenvalue weighted by Gasteiger charge is 2.22. The Morgan fingerprint density at radius 2 is 0.769 bits per heavy atom. The van der Waals surface area contributed by atoms with E-state index in [-0.39, 0.29) is 17.7 Å². The Hall–Kier alpha value is -2.13. The predicted octanol–water partition coefficient (Wildman–Crippen LogP) is 0.417. The molecule has 0 atom stereocenters. The third-order valence-corrected chi connectivity index (χ3v) is 6.91. The molecule has 3 amide bonds. The fraction of sp³-hybridized carbons (Fsp3) is 0.857. The van der Waals surface area contributed by atoms with Crippen molar-refractivity contribution < 1.29 is 71.2 Å². The van der Waals surface area contributed by atoms with Crippen LogP contribution in [0.4, 0.5) is 0 Å². The van der Waals surface area contributed by atoms with Crippen LogP contribution in [-0.2, 0) is 71.2 Å². The molecular weight excluding hydrogens is 688 g/mol. The van der Waals surface area contributed by atoms with E-state index in [2.05, 4.69) is 5.32 Å². The van der Waals surface area contributed by atoms with E-state index in [4.69, 9.17) is 56.8 Å². The number of methoxy groups -OCH3 is 1.